The van der Waals surface area contributed by atoms with Crippen molar-refractivity contribution < 1.29 is 14.2 Å². The van der Waals surface area contributed by atoms with Gasteiger partial charge in [0, 0.05) is 12.1 Å². The lowest BCUT2D eigenvalue weighted by Crippen LogP contribution is -2.13. The lowest BCUT2D eigenvalue weighted by molar-refractivity contribution is 0.105. The fourth-order valence-corrected chi connectivity index (χ4v) is 1.98. The molecule has 0 aliphatic heterocycles. The van der Waals surface area contributed by atoms with Crippen molar-refractivity contribution in [1.82, 2.24) is 5.32 Å². The molecule has 0 saturated heterocycles. The van der Waals surface area contributed by atoms with Crippen LogP contribution in [0.3, 0.4) is 0 Å². The normalized spacial score (nSPS) is 12.2. The Labute approximate surface area is 118 Å². The van der Waals surface area contributed by atoms with Crippen LogP contribution in [0.15, 0.2) is 48.5 Å². The van der Waals surface area contributed by atoms with Crippen molar-refractivity contribution in [3.05, 3.63) is 65.5 Å². The predicted octanol–water partition coefficient (Wildman–Crippen LogP) is 2.66. The summed E-state index contributed by atoms with van der Waals surface area (Å²) in [4.78, 5) is 0. The Morgan fingerprint density at radius 2 is 1.90 bits per heavy atom. The molecule has 0 amide bonds. The van der Waals surface area contributed by atoms with Crippen LogP contribution in [0.1, 0.15) is 17.2 Å². The zero-order valence-corrected chi connectivity index (χ0v) is 11.3. The van der Waals surface area contributed by atoms with Gasteiger partial charge in [0.15, 0.2) is 11.6 Å². The van der Waals surface area contributed by atoms with Crippen molar-refractivity contribution in [3.8, 4) is 5.75 Å². The molecule has 1 unspecified atom stereocenters. The van der Waals surface area contributed by atoms with Crippen LogP contribution >= 0.6 is 0 Å². The third-order valence-electron chi connectivity index (χ3n) is 2.99. The Morgan fingerprint density at radius 3 is 2.60 bits per heavy atom. The van der Waals surface area contributed by atoms with Gasteiger partial charge in [0.1, 0.15) is 12.7 Å². The van der Waals surface area contributed by atoms with Crippen LogP contribution in [-0.4, -0.2) is 18.8 Å². The molecule has 0 bridgehead atoms. The highest BCUT2D eigenvalue weighted by Crippen LogP contribution is 2.24. The van der Waals surface area contributed by atoms with Crippen LogP contribution in [-0.2, 0) is 6.54 Å². The number of ether oxygens (including phenoxy) is 1. The summed E-state index contributed by atoms with van der Waals surface area (Å²) in [6.45, 7) is 0.524. The summed E-state index contributed by atoms with van der Waals surface area (Å²) in [6, 6.07) is 14.0. The Hall–Kier alpha value is -1.91. The average Bonchev–Trinajstić information content (AvgIpc) is 2.47. The molecule has 0 aliphatic rings. The Morgan fingerprint density at radius 1 is 1.15 bits per heavy atom. The molecule has 0 radical (unpaired) electrons. The largest absolute Gasteiger partial charge is 0.487 e. The monoisotopic (exact) mass is 275 g/mol. The van der Waals surface area contributed by atoms with Gasteiger partial charge in [0.25, 0.3) is 0 Å². The number of halogens is 1. The summed E-state index contributed by atoms with van der Waals surface area (Å²) in [5, 5.41) is 13.0. The van der Waals surface area contributed by atoms with E-state index >= 15 is 0 Å². The van der Waals surface area contributed by atoms with Gasteiger partial charge < -0.3 is 15.2 Å². The van der Waals surface area contributed by atoms with Gasteiger partial charge >= 0.3 is 0 Å². The quantitative estimate of drug-likeness (QED) is 0.851. The summed E-state index contributed by atoms with van der Waals surface area (Å²) in [6.07, 6.45) is -0.779. The van der Waals surface area contributed by atoms with E-state index in [0.29, 0.717) is 6.54 Å². The molecule has 3 nitrogen and oxygen atoms in total. The maximum absolute atomic E-state index is 13.8. The Kier molecular flexibility index (Phi) is 5.09. The van der Waals surface area contributed by atoms with Gasteiger partial charge in [-0.1, -0.05) is 42.5 Å². The van der Waals surface area contributed by atoms with Crippen LogP contribution in [0, 0.1) is 5.82 Å². The first-order valence-electron chi connectivity index (χ1n) is 6.50. The first-order chi connectivity index (χ1) is 9.72. The number of benzene rings is 2. The third kappa shape index (κ3) is 3.56. The summed E-state index contributed by atoms with van der Waals surface area (Å²) >= 11 is 0. The summed E-state index contributed by atoms with van der Waals surface area (Å²) < 4.78 is 19.3. The molecule has 0 spiro atoms. The standard InChI is InChI=1S/C16H18FNO2/c1-18-10-13-8-5-9-14(17)16(13)20-11-15(19)12-6-3-2-4-7-12/h2-9,15,18-19H,10-11H2,1H3. The van der Waals surface area contributed by atoms with Crippen LogP contribution < -0.4 is 10.1 Å². The topological polar surface area (TPSA) is 41.5 Å². The summed E-state index contributed by atoms with van der Waals surface area (Å²) in [5.41, 5.74) is 1.48. The van der Waals surface area contributed by atoms with Gasteiger partial charge in [-0.15, -0.1) is 0 Å². The van der Waals surface area contributed by atoms with Gasteiger partial charge in [0.2, 0.25) is 0 Å². The molecule has 0 heterocycles. The summed E-state index contributed by atoms with van der Waals surface area (Å²) in [5.74, 6) is -0.227. The van der Waals surface area contributed by atoms with E-state index in [9.17, 15) is 9.50 Å². The van der Waals surface area contributed by atoms with Crippen molar-refractivity contribution in [1.29, 1.82) is 0 Å². The van der Waals surface area contributed by atoms with Crippen molar-refractivity contribution in [2.45, 2.75) is 12.6 Å². The van der Waals surface area contributed by atoms with E-state index in [-0.39, 0.29) is 12.4 Å². The second-order valence-corrected chi connectivity index (χ2v) is 4.50. The number of rotatable bonds is 6. The molecule has 4 heteroatoms. The minimum absolute atomic E-state index is 0.0155. The van der Waals surface area contributed by atoms with Gasteiger partial charge in [-0.05, 0) is 18.7 Å². The maximum atomic E-state index is 13.8. The first-order valence-corrected chi connectivity index (χ1v) is 6.50. The van der Waals surface area contributed by atoms with Crippen LogP contribution in [0.5, 0.6) is 5.75 Å². The van der Waals surface area contributed by atoms with Crippen LogP contribution in [0.2, 0.25) is 0 Å². The minimum atomic E-state index is -0.779. The average molecular weight is 275 g/mol. The summed E-state index contributed by atoms with van der Waals surface area (Å²) in [7, 11) is 1.79. The van der Waals surface area contributed by atoms with Gasteiger partial charge in [-0.25, -0.2) is 4.39 Å². The van der Waals surface area contributed by atoms with Crippen molar-refractivity contribution >= 4 is 0 Å². The van der Waals surface area contributed by atoms with E-state index in [1.54, 1.807) is 19.2 Å². The van der Waals surface area contributed by atoms with Crippen molar-refractivity contribution in [2.75, 3.05) is 13.7 Å². The molecular weight excluding hydrogens is 257 g/mol. The maximum Gasteiger partial charge on any atom is 0.165 e. The van der Waals surface area contributed by atoms with E-state index in [1.807, 2.05) is 30.3 Å². The van der Waals surface area contributed by atoms with Gasteiger partial charge in [-0.3, -0.25) is 0 Å². The fraction of sp³-hybridized carbons (Fsp3) is 0.250. The SMILES string of the molecule is CNCc1cccc(F)c1OCC(O)c1ccccc1. The predicted molar refractivity (Wildman–Crippen MR) is 76.1 cm³/mol. The molecule has 20 heavy (non-hydrogen) atoms. The van der Waals surface area contributed by atoms with E-state index < -0.39 is 11.9 Å². The molecule has 0 aliphatic carbocycles. The number of hydrogen-bond acceptors (Lipinski definition) is 3. The fourth-order valence-electron chi connectivity index (χ4n) is 1.98. The molecular formula is C16H18FNO2. The highest BCUT2D eigenvalue weighted by Gasteiger charge is 2.13. The van der Waals surface area contributed by atoms with Gasteiger partial charge in [0.05, 0.1) is 0 Å². The third-order valence-corrected chi connectivity index (χ3v) is 2.99. The number of para-hydroxylation sites is 1. The lowest BCUT2D eigenvalue weighted by Gasteiger charge is -2.15. The molecule has 106 valence electrons. The van der Waals surface area contributed by atoms with E-state index in [2.05, 4.69) is 5.32 Å². The zero-order valence-electron chi connectivity index (χ0n) is 11.3. The van der Waals surface area contributed by atoms with E-state index in [0.717, 1.165) is 11.1 Å². The second kappa shape index (κ2) is 7.03. The molecule has 0 fully saturated rings. The van der Waals surface area contributed by atoms with Gasteiger partial charge in [-0.2, -0.15) is 0 Å². The molecule has 2 rings (SSSR count). The van der Waals surface area contributed by atoms with Crippen LogP contribution in [0.4, 0.5) is 4.39 Å². The Balaban J connectivity index is 2.07. The molecule has 0 saturated carbocycles. The number of hydrogen-bond donors (Lipinski definition) is 2. The molecule has 2 aromatic carbocycles. The highest BCUT2D eigenvalue weighted by atomic mass is 19.1. The molecule has 2 N–H and O–H groups in total. The number of aliphatic hydroxyl groups is 1. The second-order valence-electron chi connectivity index (χ2n) is 4.50. The molecule has 0 aromatic heterocycles. The first kappa shape index (κ1) is 14.5. The highest BCUT2D eigenvalue weighted by molar-refractivity contribution is 5.35. The number of nitrogens with one attached hydrogen (secondary N) is 1. The smallest absolute Gasteiger partial charge is 0.165 e. The van der Waals surface area contributed by atoms with E-state index in [1.165, 1.54) is 6.07 Å². The van der Waals surface area contributed by atoms with Crippen molar-refractivity contribution in [3.63, 3.8) is 0 Å². The van der Waals surface area contributed by atoms with Crippen molar-refractivity contribution in [2.24, 2.45) is 0 Å². The van der Waals surface area contributed by atoms with E-state index in [4.69, 9.17) is 4.74 Å². The molecule has 2 aromatic rings. The minimum Gasteiger partial charge on any atom is -0.487 e. The van der Waals surface area contributed by atoms with Crippen LogP contribution in [0.25, 0.3) is 0 Å². The molecule has 1 atom stereocenters. The lowest BCUT2D eigenvalue weighted by atomic mass is 10.1. The number of aliphatic hydroxyl groups excluding tert-OH is 1. The zero-order chi connectivity index (χ0) is 14.4. The Bertz CT molecular complexity index is 545.